The van der Waals surface area contributed by atoms with Crippen LogP contribution in [0.4, 0.5) is 0 Å². The van der Waals surface area contributed by atoms with Crippen molar-refractivity contribution in [2.75, 3.05) is 59.5 Å². The second-order valence-corrected chi connectivity index (χ2v) is 14.2. The van der Waals surface area contributed by atoms with Crippen LogP contribution >= 0.6 is 0 Å². The Morgan fingerprint density at radius 1 is 0.375 bits per heavy atom. The minimum atomic E-state index is -2.76. The van der Waals surface area contributed by atoms with Crippen molar-refractivity contribution in [1.82, 2.24) is 0 Å². The lowest BCUT2D eigenvalue weighted by atomic mass is 9.99. The molecule has 0 aromatic rings. The van der Waals surface area contributed by atoms with Gasteiger partial charge in [0.1, 0.15) is 124 Å². The normalized spacial score (nSPS) is 52.3. The van der Waals surface area contributed by atoms with E-state index in [9.17, 15) is 86.8 Å². The van der Waals surface area contributed by atoms with Gasteiger partial charge in [0, 0.05) is 0 Å². The van der Waals surface area contributed by atoms with Crippen LogP contribution in [0.2, 0.25) is 0 Å². The lowest BCUT2D eigenvalue weighted by Crippen LogP contribution is -2.63. The molecule has 5 aliphatic heterocycles. The lowest BCUT2D eigenvalue weighted by molar-refractivity contribution is -0.404. The summed E-state index contributed by atoms with van der Waals surface area (Å²) in [4.78, 5) is 0. The predicted octanol–water partition coefficient (Wildman–Crippen LogP) is -11.9. The van der Waals surface area contributed by atoms with Crippen LogP contribution in [0.1, 0.15) is 0 Å². The van der Waals surface area contributed by atoms with Crippen LogP contribution in [0.15, 0.2) is 0 Å². The first-order valence-electron chi connectivity index (χ1n) is 17.5. The van der Waals surface area contributed by atoms with Gasteiger partial charge in [-0.05, 0) is 0 Å². The molecule has 5 saturated heterocycles. The molecule has 5 aliphatic rings. The smallest absolute Gasteiger partial charge is 0.224 e. The molecule has 328 valence electrons. The van der Waals surface area contributed by atoms with Gasteiger partial charge in [-0.25, -0.2) is 0 Å². The van der Waals surface area contributed by atoms with Gasteiger partial charge in [-0.3, -0.25) is 0 Å². The molecule has 56 heavy (non-hydrogen) atoms. The van der Waals surface area contributed by atoms with Gasteiger partial charge in [0.15, 0.2) is 6.29 Å². The first-order chi connectivity index (χ1) is 26.4. The summed E-state index contributed by atoms with van der Waals surface area (Å²) in [5, 5.41) is 176. The minimum absolute atomic E-state index is 0.787. The van der Waals surface area contributed by atoms with Crippen molar-refractivity contribution in [3.8, 4) is 0 Å². The fourth-order valence-corrected chi connectivity index (χ4v) is 7.16. The minimum Gasteiger partial charge on any atom is -0.394 e. The Morgan fingerprint density at radius 3 is 1.23 bits per heavy atom. The van der Waals surface area contributed by atoms with Gasteiger partial charge in [-0.1, -0.05) is 0 Å². The molecule has 21 unspecified atom stereocenters. The third-order valence-electron chi connectivity index (χ3n) is 10.7. The molecule has 21 atom stereocenters. The van der Waals surface area contributed by atoms with Gasteiger partial charge in [0.25, 0.3) is 0 Å². The monoisotopic (exact) mass is 828 g/mol. The Labute approximate surface area is 316 Å². The van der Waals surface area contributed by atoms with Gasteiger partial charge < -0.3 is 129 Å². The summed E-state index contributed by atoms with van der Waals surface area (Å²) in [5.74, 6) is -10.5. The van der Waals surface area contributed by atoms with Crippen molar-refractivity contribution in [3.05, 3.63) is 0 Å². The van der Waals surface area contributed by atoms with E-state index in [0.717, 1.165) is 0 Å². The maximum atomic E-state index is 11.2. The average molecular weight is 829 g/mol. The van der Waals surface area contributed by atoms with E-state index >= 15 is 0 Å². The molecule has 5 rings (SSSR count). The van der Waals surface area contributed by atoms with Crippen molar-refractivity contribution < 1.29 is 129 Å². The Bertz CT molecular complexity index is 1270. The number of ether oxygens (including phenoxy) is 9. The summed E-state index contributed by atoms with van der Waals surface area (Å²) in [6.45, 7) is -9.23. The molecule has 0 saturated carbocycles. The molecule has 5 fully saturated rings. The number of hydrogen-bond donors (Lipinski definition) is 17. The highest BCUT2D eigenvalue weighted by atomic mass is 16.8. The summed E-state index contributed by atoms with van der Waals surface area (Å²) < 4.78 is 50.1. The molecular weight excluding hydrogens is 776 g/mol. The molecular formula is C30H52O26. The van der Waals surface area contributed by atoms with Crippen LogP contribution in [-0.4, -0.2) is 273 Å². The Morgan fingerprint density at radius 2 is 0.750 bits per heavy atom. The molecule has 0 aromatic carbocycles. The maximum absolute atomic E-state index is 11.2. The van der Waals surface area contributed by atoms with Crippen molar-refractivity contribution >= 4 is 0 Å². The molecule has 0 bridgehead atoms. The van der Waals surface area contributed by atoms with E-state index in [2.05, 4.69) is 0 Å². The summed E-state index contributed by atoms with van der Waals surface area (Å²) >= 11 is 0. The molecule has 26 heteroatoms. The molecule has 0 spiro atoms. The predicted molar refractivity (Wildman–Crippen MR) is 167 cm³/mol. The average Bonchev–Trinajstić information content (AvgIpc) is 3.80. The second-order valence-electron chi connectivity index (χ2n) is 14.2. The van der Waals surface area contributed by atoms with Gasteiger partial charge >= 0.3 is 0 Å². The number of hydrogen-bond acceptors (Lipinski definition) is 26. The van der Waals surface area contributed by atoms with E-state index in [4.69, 9.17) is 42.6 Å². The quantitative estimate of drug-likeness (QED) is 0.0647. The van der Waals surface area contributed by atoms with Crippen molar-refractivity contribution in [3.63, 3.8) is 0 Å². The van der Waals surface area contributed by atoms with E-state index in [1.54, 1.807) is 0 Å². The van der Waals surface area contributed by atoms with E-state index in [1.165, 1.54) is 0 Å². The van der Waals surface area contributed by atoms with Crippen LogP contribution in [0.3, 0.4) is 0 Å². The Balaban J connectivity index is 1.39. The molecule has 0 aromatic heterocycles. The lowest BCUT2D eigenvalue weighted by Gasteiger charge is -2.44. The summed E-state index contributed by atoms with van der Waals surface area (Å²) in [6.07, 6.45) is -32.1. The van der Waals surface area contributed by atoms with E-state index in [1.807, 2.05) is 0 Å². The van der Waals surface area contributed by atoms with Gasteiger partial charge in [0.05, 0.1) is 33.0 Å². The van der Waals surface area contributed by atoms with Crippen LogP contribution in [0.5, 0.6) is 0 Å². The second kappa shape index (κ2) is 17.9. The zero-order valence-corrected chi connectivity index (χ0v) is 29.5. The molecule has 0 radical (unpaired) electrons. The number of rotatable bonds is 17. The third-order valence-corrected chi connectivity index (χ3v) is 10.7. The van der Waals surface area contributed by atoms with Crippen molar-refractivity contribution in [2.24, 2.45) is 0 Å². The summed E-state index contributed by atoms with van der Waals surface area (Å²) in [5.41, 5.74) is 0. The fourth-order valence-electron chi connectivity index (χ4n) is 7.16. The zero-order valence-electron chi connectivity index (χ0n) is 29.5. The van der Waals surface area contributed by atoms with E-state index in [-0.39, 0.29) is 0 Å². The third kappa shape index (κ3) is 7.97. The topological polar surface area (TPSA) is 427 Å². The van der Waals surface area contributed by atoms with Crippen LogP contribution in [0.25, 0.3) is 0 Å². The van der Waals surface area contributed by atoms with E-state index in [0.29, 0.717) is 0 Å². The van der Waals surface area contributed by atoms with Crippen LogP contribution in [0, 0.1) is 0 Å². The molecule has 17 N–H and O–H groups in total. The SMILES string of the molecule is OCC1OC(OC2(COC3(COC4(CO)OC(COC5(CO)OC(CO)C(O)C5O)C(O)C4O)OC(CO)C(O)C3O)OC(CO)C(O)C2O)C(O)C(O)C1O. The van der Waals surface area contributed by atoms with Gasteiger partial charge in [-0.2, -0.15) is 0 Å². The van der Waals surface area contributed by atoms with Crippen molar-refractivity contribution in [1.29, 1.82) is 0 Å². The zero-order chi connectivity index (χ0) is 41.5. The summed E-state index contributed by atoms with van der Waals surface area (Å²) in [6, 6.07) is 0. The Hall–Kier alpha value is -1.04. The first-order valence-corrected chi connectivity index (χ1v) is 17.5. The summed E-state index contributed by atoms with van der Waals surface area (Å²) in [7, 11) is 0. The Kier molecular flexibility index (Phi) is 14.7. The highest BCUT2D eigenvalue weighted by Crippen LogP contribution is 2.42. The highest BCUT2D eigenvalue weighted by molar-refractivity contribution is 5.04. The van der Waals surface area contributed by atoms with Gasteiger partial charge in [0.2, 0.25) is 23.1 Å². The standard InChI is InChI=1S/C30H52O26/c31-1-10-15(37)20(42)21(43)26(51-10)56-30(25(47)18(40)13(4-34)54-30)9-50-29(24(46)17(39)12(3-33)53-29)8-49-28(7-36)23(45)19(41)14(55-28)5-48-27(6-35)22(44)16(38)11(2-32)52-27/h10-26,31-47H,1-9H2. The molecule has 5 heterocycles. The van der Waals surface area contributed by atoms with Crippen LogP contribution in [-0.2, 0) is 42.6 Å². The largest absolute Gasteiger partial charge is 0.394 e. The first kappa shape index (κ1) is 46.0. The number of aliphatic hydroxyl groups is 17. The highest BCUT2D eigenvalue weighted by Gasteiger charge is 2.64. The number of aliphatic hydroxyl groups excluding tert-OH is 17. The molecule has 0 aliphatic carbocycles. The van der Waals surface area contributed by atoms with Crippen molar-refractivity contribution in [2.45, 2.75) is 127 Å². The maximum Gasteiger partial charge on any atom is 0.224 e. The molecule has 26 nitrogen and oxygen atoms in total. The van der Waals surface area contributed by atoms with Crippen LogP contribution < -0.4 is 0 Å². The fraction of sp³-hybridized carbons (Fsp3) is 1.00. The van der Waals surface area contributed by atoms with Gasteiger partial charge in [-0.15, -0.1) is 0 Å². The molecule has 0 amide bonds. The van der Waals surface area contributed by atoms with E-state index < -0.39 is 187 Å².